The molecule has 0 saturated carbocycles. The van der Waals surface area contributed by atoms with E-state index in [-0.39, 0.29) is 16.1 Å². The highest BCUT2D eigenvalue weighted by molar-refractivity contribution is 6.33. The predicted octanol–water partition coefficient (Wildman–Crippen LogP) is 1.51. The molecule has 0 atom stereocenters. The normalized spacial score (nSPS) is 10.1. The van der Waals surface area contributed by atoms with E-state index in [4.69, 9.17) is 17.3 Å². The molecule has 0 heterocycles. The second kappa shape index (κ2) is 3.72. The zero-order chi connectivity index (χ0) is 10.0. The van der Waals surface area contributed by atoms with Crippen LogP contribution in [-0.4, -0.2) is 5.91 Å². The Balaban J connectivity index is 3.33. The Morgan fingerprint density at radius 2 is 2.15 bits per heavy atom. The van der Waals surface area contributed by atoms with E-state index in [1.165, 1.54) is 6.07 Å². The van der Waals surface area contributed by atoms with Crippen LogP contribution in [0.15, 0.2) is 12.1 Å². The number of hydrogen-bond acceptors (Lipinski definition) is 1. The third-order valence-electron chi connectivity index (χ3n) is 1.52. The fraction of sp³-hybridized carbons (Fsp3) is 0.125. The molecule has 0 saturated heterocycles. The van der Waals surface area contributed by atoms with Gasteiger partial charge in [0.1, 0.15) is 12.4 Å². The van der Waals surface area contributed by atoms with E-state index in [1.54, 1.807) is 0 Å². The lowest BCUT2D eigenvalue weighted by Gasteiger charge is -2.03. The largest absolute Gasteiger partial charge is 0.366 e. The smallest absolute Gasteiger partial charge is 0.250 e. The van der Waals surface area contributed by atoms with Gasteiger partial charge in [-0.25, -0.2) is 9.50 Å². The lowest BCUT2D eigenvalue weighted by atomic mass is 10.1. The first-order valence-corrected chi connectivity index (χ1v) is 3.80. The Kier molecular flexibility index (Phi) is 2.85. The van der Waals surface area contributed by atoms with Crippen LogP contribution < -0.4 is 5.73 Å². The van der Waals surface area contributed by atoms with E-state index in [0.29, 0.717) is 0 Å². The highest BCUT2D eigenvalue weighted by atomic mass is 35.5. The number of amides is 1. The maximum Gasteiger partial charge on any atom is 0.250 e. The van der Waals surface area contributed by atoms with Gasteiger partial charge >= 0.3 is 0 Å². The quantitative estimate of drug-likeness (QED) is 0.776. The summed E-state index contributed by atoms with van der Waals surface area (Å²) in [5.74, 6) is -1.65. The van der Waals surface area contributed by atoms with Crippen molar-refractivity contribution in [3.8, 4) is 0 Å². The van der Waals surface area contributed by atoms with Crippen LogP contribution in [0.3, 0.4) is 0 Å². The van der Waals surface area contributed by atoms with Crippen molar-refractivity contribution in [3.63, 3.8) is 0 Å². The molecule has 0 bridgehead atoms. The van der Waals surface area contributed by atoms with E-state index in [0.717, 1.165) is 6.07 Å². The summed E-state index contributed by atoms with van der Waals surface area (Å²) in [6, 6.07) is 2.18. The van der Waals surface area contributed by atoms with Crippen LogP contribution >= 0.6 is 11.6 Å². The first-order valence-electron chi connectivity index (χ1n) is 3.42. The standard InChI is InChI=1S/C8H6ClFNO2/c9-7-5(8(11)13)1-4(3-12)2-6(7)10/h1-2H,3H2,(H2,11,13). The molecule has 2 N–H and O–H groups in total. The number of rotatable bonds is 2. The summed E-state index contributed by atoms with van der Waals surface area (Å²) in [7, 11) is 0. The summed E-state index contributed by atoms with van der Waals surface area (Å²) in [4.78, 5) is 10.7. The molecule has 0 fully saturated rings. The average molecular weight is 203 g/mol. The maximum atomic E-state index is 12.9. The predicted molar refractivity (Wildman–Crippen MR) is 44.3 cm³/mol. The molecule has 0 spiro atoms. The van der Waals surface area contributed by atoms with E-state index in [9.17, 15) is 14.3 Å². The lowest BCUT2D eigenvalue weighted by Crippen LogP contribution is -2.12. The summed E-state index contributed by atoms with van der Waals surface area (Å²) in [6.45, 7) is -0.617. The number of carbonyl (C=O) groups excluding carboxylic acids is 1. The Morgan fingerprint density at radius 3 is 2.62 bits per heavy atom. The van der Waals surface area contributed by atoms with E-state index < -0.39 is 18.3 Å². The molecule has 1 aromatic carbocycles. The van der Waals surface area contributed by atoms with Gasteiger partial charge in [-0.2, -0.15) is 0 Å². The molecule has 0 unspecified atom stereocenters. The third-order valence-corrected chi connectivity index (χ3v) is 1.90. The van der Waals surface area contributed by atoms with E-state index in [2.05, 4.69) is 0 Å². The van der Waals surface area contributed by atoms with Crippen molar-refractivity contribution in [1.82, 2.24) is 0 Å². The molecule has 0 aliphatic rings. The summed E-state index contributed by atoms with van der Waals surface area (Å²) in [5, 5.41) is 10.1. The molecule has 0 aromatic heterocycles. The van der Waals surface area contributed by atoms with Crippen molar-refractivity contribution >= 4 is 17.5 Å². The third kappa shape index (κ3) is 1.96. The van der Waals surface area contributed by atoms with Crippen LogP contribution in [-0.2, 0) is 11.7 Å². The van der Waals surface area contributed by atoms with Gasteiger partial charge < -0.3 is 5.73 Å². The molecular weight excluding hydrogens is 197 g/mol. The maximum absolute atomic E-state index is 12.9. The zero-order valence-electron chi connectivity index (χ0n) is 6.51. The molecule has 5 heteroatoms. The molecule has 1 amide bonds. The SMILES string of the molecule is NC(=O)c1cc(C[O])cc(F)c1Cl. The zero-order valence-corrected chi connectivity index (χ0v) is 7.27. The Morgan fingerprint density at radius 1 is 1.54 bits per heavy atom. The molecule has 3 nitrogen and oxygen atoms in total. The van der Waals surface area contributed by atoms with Crippen LogP contribution in [0.2, 0.25) is 5.02 Å². The molecule has 0 aliphatic heterocycles. The number of hydrogen-bond donors (Lipinski definition) is 1. The molecule has 1 rings (SSSR count). The van der Waals surface area contributed by atoms with Crippen molar-refractivity contribution < 1.29 is 14.3 Å². The summed E-state index contributed by atoms with van der Waals surface area (Å²) in [6.07, 6.45) is 0. The number of nitrogens with two attached hydrogens (primary N) is 1. The lowest BCUT2D eigenvalue weighted by molar-refractivity contribution is 0.0999. The highest BCUT2D eigenvalue weighted by Gasteiger charge is 2.12. The Labute approximate surface area is 78.9 Å². The van der Waals surface area contributed by atoms with Crippen LogP contribution in [0, 0.1) is 5.82 Å². The van der Waals surface area contributed by atoms with E-state index in [1.807, 2.05) is 0 Å². The molecule has 1 radical (unpaired) electrons. The topological polar surface area (TPSA) is 63.0 Å². The van der Waals surface area contributed by atoms with Gasteiger partial charge in [0, 0.05) is 0 Å². The molecular formula is C8H6ClFNO2. The van der Waals surface area contributed by atoms with Crippen molar-refractivity contribution in [2.24, 2.45) is 5.73 Å². The van der Waals surface area contributed by atoms with Crippen LogP contribution in [0.1, 0.15) is 15.9 Å². The summed E-state index contributed by atoms with van der Waals surface area (Å²) < 4.78 is 12.9. The van der Waals surface area contributed by atoms with Gasteiger partial charge in [-0.1, -0.05) is 11.6 Å². The Hall–Kier alpha value is -1.13. The minimum atomic E-state index is -0.848. The number of benzene rings is 1. The first kappa shape index (κ1) is 9.95. The van der Waals surface area contributed by atoms with Gasteiger partial charge in [0.05, 0.1) is 10.6 Å². The van der Waals surface area contributed by atoms with Gasteiger partial charge in [0.25, 0.3) is 0 Å². The van der Waals surface area contributed by atoms with Crippen LogP contribution in [0.4, 0.5) is 4.39 Å². The highest BCUT2D eigenvalue weighted by Crippen LogP contribution is 2.21. The van der Waals surface area contributed by atoms with Crippen molar-refractivity contribution in [1.29, 1.82) is 0 Å². The van der Waals surface area contributed by atoms with Crippen LogP contribution in [0.5, 0.6) is 0 Å². The van der Waals surface area contributed by atoms with Crippen molar-refractivity contribution in [2.75, 3.05) is 0 Å². The molecule has 13 heavy (non-hydrogen) atoms. The van der Waals surface area contributed by atoms with Crippen LogP contribution in [0.25, 0.3) is 0 Å². The van der Waals surface area contributed by atoms with Gasteiger partial charge in [0.15, 0.2) is 0 Å². The molecule has 1 aromatic rings. The summed E-state index contributed by atoms with van der Waals surface area (Å²) >= 11 is 5.44. The van der Waals surface area contributed by atoms with Gasteiger partial charge in [0.2, 0.25) is 5.91 Å². The number of halogens is 2. The second-order valence-corrected chi connectivity index (χ2v) is 2.83. The summed E-state index contributed by atoms with van der Waals surface area (Å²) in [5.41, 5.74) is 4.90. The monoisotopic (exact) mass is 202 g/mol. The van der Waals surface area contributed by atoms with Crippen molar-refractivity contribution in [3.05, 3.63) is 34.1 Å². The molecule has 0 aliphatic carbocycles. The van der Waals surface area contributed by atoms with Gasteiger partial charge in [-0.15, -0.1) is 0 Å². The minimum Gasteiger partial charge on any atom is -0.366 e. The fourth-order valence-corrected chi connectivity index (χ4v) is 1.11. The first-order chi connectivity index (χ1) is 6.06. The van der Waals surface area contributed by atoms with Gasteiger partial charge in [-0.3, -0.25) is 4.79 Å². The Bertz CT molecular complexity index is 354. The fourth-order valence-electron chi connectivity index (χ4n) is 0.908. The number of carbonyl (C=O) groups is 1. The number of primary amides is 1. The second-order valence-electron chi connectivity index (χ2n) is 2.45. The minimum absolute atomic E-state index is 0.149. The average Bonchev–Trinajstić information content (AvgIpc) is 2.09. The van der Waals surface area contributed by atoms with Crippen molar-refractivity contribution in [2.45, 2.75) is 6.61 Å². The van der Waals surface area contributed by atoms with E-state index >= 15 is 0 Å². The van der Waals surface area contributed by atoms with Gasteiger partial charge in [-0.05, 0) is 17.7 Å². The molecule has 69 valence electrons.